The van der Waals surface area contributed by atoms with Crippen LogP contribution >= 0.6 is 0 Å². The molecule has 0 saturated heterocycles. The molecule has 0 fully saturated rings. The van der Waals surface area contributed by atoms with E-state index in [0.717, 1.165) is 19.4 Å². The Kier molecular flexibility index (Phi) is 6.98. The minimum absolute atomic E-state index is 0.746. The molecule has 0 bridgehead atoms. The van der Waals surface area contributed by atoms with Gasteiger partial charge in [-0.05, 0) is 19.4 Å². The van der Waals surface area contributed by atoms with E-state index < -0.39 is 0 Å². The third-order valence-corrected chi connectivity index (χ3v) is 0.952. The van der Waals surface area contributed by atoms with Crippen molar-refractivity contribution >= 4 is 0 Å². The van der Waals surface area contributed by atoms with Crippen LogP contribution in [-0.4, -0.2) is 6.54 Å². The van der Waals surface area contributed by atoms with Crippen LogP contribution in [0.4, 0.5) is 0 Å². The second-order valence-corrected chi connectivity index (χ2v) is 1.84. The predicted molar refractivity (Wildman–Crippen MR) is 42.2 cm³/mol. The third-order valence-electron chi connectivity index (χ3n) is 0.952. The lowest BCUT2D eigenvalue weighted by Crippen LogP contribution is -1.94. The quantitative estimate of drug-likeness (QED) is 0.570. The summed E-state index contributed by atoms with van der Waals surface area (Å²) >= 11 is 0. The van der Waals surface area contributed by atoms with Crippen molar-refractivity contribution in [1.82, 2.24) is 0 Å². The Labute approximate surface area is 57.3 Å². The Morgan fingerprint density at radius 1 is 1.22 bits per heavy atom. The summed E-state index contributed by atoms with van der Waals surface area (Å²) in [7, 11) is 0. The van der Waals surface area contributed by atoms with Gasteiger partial charge >= 0.3 is 0 Å². The summed E-state index contributed by atoms with van der Waals surface area (Å²) in [5, 5.41) is 0. The van der Waals surface area contributed by atoms with Crippen LogP contribution in [0.1, 0.15) is 19.8 Å². The molecule has 0 aromatic rings. The van der Waals surface area contributed by atoms with Crippen molar-refractivity contribution in [3.05, 3.63) is 24.3 Å². The fraction of sp³-hybridized carbons (Fsp3) is 0.500. The summed E-state index contributed by atoms with van der Waals surface area (Å²) in [5.41, 5.74) is 5.27. The van der Waals surface area contributed by atoms with E-state index in [0.29, 0.717) is 0 Å². The molecular formula is C8H15N. The fourth-order valence-corrected chi connectivity index (χ4v) is 0.486. The molecule has 1 nitrogen and oxygen atoms in total. The predicted octanol–water partition coefficient (Wildman–Crippen LogP) is 1.86. The molecule has 0 rings (SSSR count). The summed E-state index contributed by atoms with van der Waals surface area (Å²) in [6, 6.07) is 0. The maximum atomic E-state index is 5.27. The third kappa shape index (κ3) is 7.44. The molecule has 0 spiro atoms. The molecule has 2 N–H and O–H groups in total. The van der Waals surface area contributed by atoms with Gasteiger partial charge in [0.25, 0.3) is 0 Å². The second kappa shape index (κ2) is 7.44. The topological polar surface area (TPSA) is 26.0 Å². The Balaban J connectivity index is 3.13. The average Bonchev–Trinajstić information content (AvgIpc) is 1.89. The van der Waals surface area contributed by atoms with Crippen LogP contribution in [0.5, 0.6) is 0 Å². The normalized spacial score (nSPS) is 11.8. The summed E-state index contributed by atoms with van der Waals surface area (Å²) in [6.07, 6.45) is 10.4. The van der Waals surface area contributed by atoms with Gasteiger partial charge < -0.3 is 5.73 Å². The number of hydrogen-bond donors (Lipinski definition) is 1. The van der Waals surface area contributed by atoms with Gasteiger partial charge in [0.15, 0.2) is 0 Å². The van der Waals surface area contributed by atoms with Gasteiger partial charge in [0.2, 0.25) is 0 Å². The Hall–Kier alpha value is -0.560. The van der Waals surface area contributed by atoms with E-state index >= 15 is 0 Å². The zero-order valence-corrected chi connectivity index (χ0v) is 6.01. The first-order chi connectivity index (χ1) is 4.41. The van der Waals surface area contributed by atoms with Gasteiger partial charge in [-0.3, -0.25) is 0 Å². The second-order valence-electron chi connectivity index (χ2n) is 1.84. The van der Waals surface area contributed by atoms with Crippen LogP contribution in [0.25, 0.3) is 0 Å². The fourth-order valence-electron chi connectivity index (χ4n) is 0.486. The van der Waals surface area contributed by atoms with Gasteiger partial charge in [0, 0.05) is 0 Å². The van der Waals surface area contributed by atoms with Crippen molar-refractivity contribution in [3.63, 3.8) is 0 Å². The maximum Gasteiger partial charge on any atom is -0.00425 e. The summed E-state index contributed by atoms with van der Waals surface area (Å²) in [6.45, 7) is 2.86. The average molecular weight is 125 g/mol. The summed E-state index contributed by atoms with van der Waals surface area (Å²) < 4.78 is 0. The first-order valence-electron chi connectivity index (χ1n) is 3.43. The van der Waals surface area contributed by atoms with Crippen molar-refractivity contribution in [2.24, 2.45) is 5.73 Å². The number of hydrogen-bond acceptors (Lipinski definition) is 1. The van der Waals surface area contributed by atoms with Crippen LogP contribution in [0.2, 0.25) is 0 Å². The lowest BCUT2D eigenvalue weighted by molar-refractivity contribution is 1.01. The molecule has 52 valence electrons. The largest absolute Gasteiger partial charge is 0.330 e. The van der Waals surface area contributed by atoms with Gasteiger partial charge in [-0.2, -0.15) is 0 Å². The minimum atomic E-state index is 0.746. The van der Waals surface area contributed by atoms with Crippen molar-refractivity contribution < 1.29 is 0 Å². The molecule has 9 heavy (non-hydrogen) atoms. The monoisotopic (exact) mass is 125 g/mol. The summed E-state index contributed by atoms with van der Waals surface area (Å²) in [4.78, 5) is 0. The van der Waals surface area contributed by atoms with Crippen molar-refractivity contribution in [3.8, 4) is 0 Å². The highest BCUT2D eigenvalue weighted by Crippen LogP contribution is 1.83. The van der Waals surface area contributed by atoms with Crippen molar-refractivity contribution in [1.29, 1.82) is 0 Å². The molecule has 0 heterocycles. The first kappa shape index (κ1) is 8.44. The SMILES string of the molecule is CC/C=C\C=C/CCN. The molecule has 0 radical (unpaired) electrons. The van der Waals surface area contributed by atoms with Crippen LogP contribution < -0.4 is 5.73 Å². The van der Waals surface area contributed by atoms with E-state index in [1.807, 2.05) is 6.08 Å². The van der Waals surface area contributed by atoms with Crippen molar-refractivity contribution in [2.45, 2.75) is 19.8 Å². The van der Waals surface area contributed by atoms with Crippen LogP contribution in [0.15, 0.2) is 24.3 Å². The van der Waals surface area contributed by atoms with E-state index in [2.05, 4.69) is 25.2 Å². The van der Waals surface area contributed by atoms with Gasteiger partial charge in [-0.15, -0.1) is 0 Å². The van der Waals surface area contributed by atoms with E-state index in [4.69, 9.17) is 5.73 Å². The van der Waals surface area contributed by atoms with E-state index in [-0.39, 0.29) is 0 Å². The van der Waals surface area contributed by atoms with Gasteiger partial charge in [-0.1, -0.05) is 31.2 Å². The molecule has 0 aromatic heterocycles. The molecule has 1 heteroatoms. The Morgan fingerprint density at radius 3 is 2.44 bits per heavy atom. The molecule has 0 amide bonds. The number of rotatable bonds is 4. The molecule has 0 saturated carbocycles. The molecule has 0 unspecified atom stereocenters. The zero-order valence-electron chi connectivity index (χ0n) is 6.01. The van der Waals surface area contributed by atoms with Crippen molar-refractivity contribution in [2.75, 3.05) is 6.54 Å². The van der Waals surface area contributed by atoms with E-state index in [1.165, 1.54) is 0 Å². The molecule has 0 aromatic carbocycles. The van der Waals surface area contributed by atoms with Crippen LogP contribution in [-0.2, 0) is 0 Å². The summed E-state index contributed by atoms with van der Waals surface area (Å²) in [5.74, 6) is 0. The van der Waals surface area contributed by atoms with E-state index in [9.17, 15) is 0 Å². The molecule has 0 aliphatic rings. The molecule has 0 atom stereocenters. The lowest BCUT2D eigenvalue weighted by atomic mass is 10.3. The Bertz CT molecular complexity index is 92.7. The molecule has 0 aliphatic heterocycles. The zero-order chi connectivity index (χ0) is 6.95. The first-order valence-corrected chi connectivity index (χ1v) is 3.43. The molecule has 0 aliphatic carbocycles. The van der Waals surface area contributed by atoms with E-state index in [1.54, 1.807) is 0 Å². The maximum absolute atomic E-state index is 5.27. The smallest absolute Gasteiger partial charge is 0.00425 e. The van der Waals surface area contributed by atoms with Gasteiger partial charge in [-0.25, -0.2) is 0 Å². The standard InChI is InChI=1S/C8H15N/c1-2-3-4-5-6-7-8-9/h3-6H,2,7-9H2,1H3/b4-3-,6-5-. The van der Waals surface area contributed by atoms with Crippen LogP contribution in [0, 0.1) is 0 Å². The van der Waals surface area contributed by atoms with Gasteiger partial charge in [0.05, 0.1) is 0 Å². The number of allylic oxidation sites excluding steroid dienone is 3. The minimum Gasteiger partial charge on any atom is -0.330 e. The van der Waals surface area contributed by atoms with Crippen LogP contribution in [0.3, 0.4) is 0 Å². The Morgan fingerprint density at radius 2 is 1.89 bits per heavy atom. The highest BCUT2D eigenvalue weighted by Gasteiger charge is 1.68. The highest BCUT2D eigenvalue weighted by molar-refractivity contribution is 5.01. The highest BCUT2D eigenvalue weighted by atomic mass is 14.5. The molecular weight excluding hydrogens is 110 g/mol. The number of nitrogens with two attached hydrogens (primary N) is 1. The van der Waals surface area contributed by atoms with Gasteiger partial charge in [0.1, 0.15) is 0 Å². The lowest BCUT2D eigenvalue weighted by Gasteiger charge is -1.80.